The van der Waals surface area contributed by atoms with E-state index in [0.717, 1.165) is 0 Å². The first-order valence-corrected chi connectivity index (χ1v) is 6.50. The highest BCUT2D eigenvalue weighted by Gasteiger charge is 2.18. The van der Waals surface area contributed by atoms with Crippen molar-refractivity contribution in [3.63, 3.8) is 0 Å². The molecule has 2 aromatic heterocycles. The Balaban J connectivity index is 2.11. The number of aromatic nitrogens is 3. The Morgan fingerprint density at radius 2 is 2.20 bits per heavy atom. The second kappa shape index (κ2) is 6.29. The van der Waals surface area contributed by atoms with Gasteiger partial charge in [0.05, 0.1) is 18.3 Å². The molecule has 1 amide bonds. The average Bonchev–Trinajstić information content (AvgIpc) is 2.95. The molecule has 0 saturated carbocycles. The molecule has 0 aliphatic carbocycles. The molecule has 2 heterocycles. The Morgan fingerprint density at radius 3 is 2.80 bits per heavy atom. The minimum atomic E-state index is -0.285. The van der Waals surface area contributed by atoms with Gasteiger partial charge in [0, 0.05) is 6.20 Å². The Morgan fingerprint density at radius 1 is 1.40 bits per heavy atom. The Hall–Kier alpha value is -2.21. The summed E-state index contributed by atoms with van der Waals surface area (Å²) in [6, 6.07) is 6.87. The van der Waals surface area contributed by atoms with Crippen molar-refractivity contribution in [3.8, 4) is 11.4 Å². The van der Waals surface area contributed by atoms with Gasteiger partial charge in [-0.25, -0.2) is 0 Å². The number of pyridine rings is 1. The van der Waals surface area contributed by atoms with Gasteiger partial charge >= 0.3 is 0 Å². The third kappa shape index (κ3) is 3.21. The van der Waals surface area contributed by atoms with Gasteiger partial charge in [0.15, 0.2) is 0 Å². The summed E-state index contributed by atoms with van der Waals surface area (Å²) in [5, 5.41) is 18.8. The number of aromatic amines is 1. The lowest BCUT2D eigenvalue weighted by atomic mass is 10.1. The Kier molecular flexibility index (Phi) is 4.47. The number of H-pyrrole nitrogens is 1. The molecule has 0 saturated heterocycles. The number of aliphatic hydroxyl groups excluding tert-OH is 1. The number of hydrogen-bond donors (Lipinski definition) is 3. The predicted molar refractivity (Wildman–Crippen MR) is 75.0 cm³/mol. The fraction of sp³-hybridized carbons (Fsp3) is 0.357. The minimum Gasteiger partial charge on any atom is -0.394 e. The van der Waals surface area contributed by atoms with E-state index in [1.54, 1.807) is 12.3 Å². The molecule has 0 fully saturated rings. The molecule has 1 unspecified atom stereocenters. The summed E-state index contributed by atoms with van der Waals surface area (Å²) in [5.41, 5.74) is 1.66. The van der Waals surface area contributed by atoms with Crippen molar-refractivity contribution < 1.29 is 9.90 Å². The highest BCUT2D eigenvalue weighted by atomic mass is 16.3. The lowest BCUT2D eigenvalue weighted by Gasteiger charge is -2.19. The zero-order chi connectivity index (χ0) is 14.5. The van der Waals surface area contributed by atoms with Gasteiger partial charge in [-0.2, -0.15) is 5.10 Å². The van der Waals surface area contributed by atoms with Gasteiger partial charge in [-0.1, -0.05) is 19.9 Å². The van der Waals surface area contributed by atoms with Crippen LogP contribution in [0.3, 0.4) is 0 Å². The van der Waals surface area contributed by atoms with Crippen molar-refractivity contribution >= 4 is 5.91 Å². The van der Waals surface area contributed by atoms with E-state index in [-0.39, 0.29) is 24.5 Å². The smallest absolute Gasteiger partial charge is 0.269 e. The van der Waals surface area contributed by atoms with Crippen LogP contribution in [0.15, 0.2) is 30.5 Å². The summed E-state index contributed by atoms with van der Waals surface area (Å²) in [5.74, 6) is -0.130. The number of carbonyl (C=O) groups excluding carboxylic acids is 1. The number of hydrogen-bond acceptors (Lipinski definition) is 4. The van der Waals surface area contributed by atoms with Gasteiger partial charge in [-0.3, -0.25) is 14.9 Å². The third-order valence-electron chi connectivity index (χ3n) is 3.07. The van der Waals surface area contributed by atoms with Crippen LogP contribution in [-0.4, -0.2) is 38.8 Å². The number of amides is 1. The van der Waals surface area contributed by atoms with Crippen LogP contribution in [0, 0.1) is 5.92 Å². The predicted octanol–water partition coefficient (Wildman–Crippen LogP) is 1.22. The quantitative estimate of drug-likeness (QED) is 0.764. The van der Waals surface area contributed by atoms with E-state index in [1.807, 2.05) is 32.0 Å². The van der Waals surface area contributed by atoms with Crippen LogP contribution >= 0.6 is 0 Å². The summed E-state index contributed by atoms with van der Waals surface area (Å²) < 4.78 is 0. The number of nitrogens with zero attached hydrogens (tertiary/aromatic N) is 2. The van der Waals surface area contributed by atoms with Crippen molar-refractivity contribution in [2.24, 2.45) is 5.92 Å². The summed E-state index contributed by atoms with van der Waals surface area (Å²) in [7, 11) is 0. The Labute approximate surface area is 117 Å². The van der Waals surface area contributed by atoms with E-state index < -0.39 is 0 Å². The largest absolute Gasteiger partial charge is 0.394 e. The van der Waals surface area contributed by atoms with Gasteiger partial charge in [0.2, 0.25) is 0 Å². The molecule has 0 radical (unpaired) electrons. The number of carbonyl (C=O) groups is 1. The van der Waals surface area contributed by atoms with E-state index in [9.17, 15) is 9.90 Å². The first kappa shape index (κ1) is 14.2. The summed E-state index contributed by atoms with van der Waals surface area (Å²) in [6.45, 7) is 3.78. The van der Waals surface area contributed by atoms with Crippen molar-refractivity contribution in [2.75, 3.05) is 6.61 Å². The minimum absolute atomic E-state index is 0.0926. The first-order chi connectivity index (χ1) is 9.61. The van der Waals surface area contributed by atoms with Crippen LogP contribution in [0.5, 0.6) is 0 Å². The highest BCUT2D eigenvalue weighted by molar-refractivity contribution is 5.93. The van der Waals surface area contributed by atoms with E-state index >= 15 is 0 Å². The maximum Gasteiger partial charge on any atom is 0.269 e. The van der Waals surface area contributed by atoms with E-state index in [0.29, 0.717) is 17.1 Å². The van der Waals surface area contributed by atoms with Gasteiger partial charge in [-0.05, 0) is 24.1 Å². The lowest BCUT2D eigenvalue weighted by molar-refractivity contribution is 0.0892. The van der Waals surface area contributed by atoms with E-state index in [2.05, 4.69) is 20.5 Å². The van der Waals surface area contributed by atoms with Crippen LogP contribution < -0.4 is 5.32 Å². The normalized spacial score (nSPS) is 12.4. The maximum atomic E-state index is 12.0. The average molecular weight is 274 g/mol. The molecule has 1 atom stereocenters. The monoisotopic (exact) mass is 274 g/mol. The zero-order valence-electron chi connectivity index (χ0n) is 11.5. The Bertz CT molecular complexity index is 566. The fourth-order valence-corrected chi connectivity index (χ4v) is 1.75. The molecule has 0 aromatic carbocycles. The van der Waals surface area contributed by atoms with Gasteiger partial charge in [0.1, 0.15) is 11.4 Å². The van der Waals surface area contributed by atoms with E-state index in [1.165, 1.54) is 0 Å². The van der Waals surface area contributed by atoms with Crippen molar-refractivity contribution in [1.82, 2.24) is 20.5 Å². The van der Waals surface area contributed by atoms with Crippen molar-refractivity contribution in [1.29, 1.82) is 0 Å². The number of aliphatic hydroxyl groups is 1. The topological polar surface area (TPSA) is 90.9 Å². The molecule has 2 rings (SSSR count). The fourth-order valence-electron chi connectivity index (χ4n) is 1.75. The number of nitrogens with one attached hydrogen (secondary N) is 2. The standard InChI is InChI=1S/C14H18N4O2/c1-9(2)13(8-19)16-14(20)12-7-11(17-18-12)10-5-3-4-6-15-10/h3-7,9,13,19H,8H2,1-2H3,(H,16,20)(H,17,18). The van der Waals surface area contributed by atoms with Crippen molar-refractivity contribution in [2.45, 2.75) is 19.9 Å². The summed E-state index contributed by atoms with van der Waals surface area (Å²) in [4.78, 5) is 16.2. The first-order valence-electron chi connectivity index (χ1n) is 6.50. The molecule has 3 N–H and O–H groups in total. The molecule has 0 aliphatic heterocycles. The SMILES string of the molecule is CC(C)C(CO)NC(=O)c1cc(-c2ccccn2)n[nH]1. The molecule has 106 valence electrons. The molecule has 20 heavy (non-hydrogen) atoms. The van der Waals surface area contributed by atoms with Crippen LogP contribution in [0.2, 0.25) is 0 Å². The summed E-state index contributed by atoms with van der Waals surface area (Å²) in [6.07, 6.45) is 1.67. The molecule has 6 nitrogen and oxygen atoms in total. The third-order valence-corrected chi connectivity index (χ3v) is 3.07. The van der Waals surface area contributed by atoms with Crippen LogP contribution in [-0.2, 0) is 0 Å². The van der Waals surface area contributed by atoms with Crippen LogP contribution in [0.4, 0.5) is 0 Å². The van der Waals surface area contributed by atoms with Crippen molar-refractivity contribution in [3.05, 3.63) is 36.2 Å². The van der Waals surface area contributed by atoms with Gasteiger partial charge in [0.25, 0.3) is 5.91 Å². The molecule has 0 spiro atoms. The number of rotatable bonds is 5. The molecular formula is C14H18N4O2. The maximum absolute atomic E-state index is 12.0. The molecular weight excluding hydrogens is 256 g/mol. The molecule has 6 heteroatoms. The second-order valence-electron chi connectivity index (χ2n) is 4.89. The second-order valence-corrected chi connectivity index (χ2v) is 4.89. The highest BCUT2D eigenvalue weighted by Crippen LogP contribution is 2.14. The molecule has 2 aromatic rings. The molecule has 0 aliphatic rings. The van der Waals surface area contributed by atoms with Crippen LogP contribution in [0.1, 0.15) is 24.3 Å². The summed E-state index contributed by atoms with van der Waals surface area (Å²) >= 11 is 0. The van der Waals surface area contributed by atoms with Crippen LogP contribution in [0.25, 0.3) is 11.4 Å². The lowest BCUT2D eigenvalue weighted by Crippen LogP contribution is -2.41. The van der Waals surface area contributed by atoms with Gasteiger partial charge < -0.3 is 10.4 Å². The molecule has 0 bridgehead atoms. The zero-order valence-corrected chi connectivity index (χ0v) is 11.5. The van der Waals surface area contributed by atoms with E-state index in [4.69, 9.17) is 0 Å². The van der Waals surface area contributed by atoms with Gasteiger partial charge in [-0.15, -0.1) is 0 Å².